The van der Waals surface area contributed by atoms with Gasteiger partial charge in [0.15, 0.2) is 0 Å². The number of aliphatic hydroxyl groups is 1. The van der Waals surface area contributed by atoms with Gasteiger partial charge in [0.2, 0.25) is 0 Å². The molecule has 2 unspecified atom stereocenters. The number of anilines is 2. The van der Waals surface area contributed by atoms with Crippen LogP contribution in [0.2, 0.25) is 0 Å². The minimum Gasteiger partial charge on any atom is -0.391 e. The van der Waals surface area contributed by atoms with Crippen molar-refractivity contribution in [3.63, 3.8) is 0 Å². The second-order valence-corrected chi connectivity index (χ2v) is 5.06. The molecule has 1 saturated carbocycles. The molecular formula is C14H20N2O. The van der Waals surface area contributed by atoms with Gasteiger partial charge in [0.25, 0.3) is 0 Å². The van der Waals surface area contributed by atoms with Crippen molar-refractivity contribution in [1.82, 2.24) is 0 Å². The minimum absolute atomic E-state index is 0.152. The monoisotopic (exact) mass is 232 g/mol. The highest BCUT2D eigenvalue weighted by atomic mass is 16.3. The normalized spacial score (nSPS) is 28.4. The van der Waals surface area contributed by atoms with Gasteiger partial charge >= 0.3 is 0 Å². The fraction of sp³-hybridized carbons (Fsp3) is 0.571. The Hall–Kier alpha value is -1.22. The summed E-state index contributed by atoms with van der Waals surface area (Å²) in [4.78, 5) is 2.41. The van der Waals surface area contributed by atoms with Gasteiger partial charge in [-0.3, -0.25) is 0 Å². The van der Waals surface area contributed by atoms with Crippen molar-refractivity contribution in [2.75, 3.05) is 23.3 Å². The van der Waals surface area contributed by atoms with Crippen molar-refractivity contribution in [2.24, 2.45) is 0 Å². The SMILES string of the molecule is OC1CCCC1N1CCCNc2ccccc21. The van der Waals surface area contributed by atoms with Crippen LogP contribution < -0.4 is 10.2 Å². The van der Waals surface area contributed by atoms with Crippen LogP contribution in [0.1, 0.15) is 25.7 Å². The lowest BCUT2D eigenvalue weighted by Gasteiger charge is -2.32. The molecule has 0 radical (unpaired) electrons. The van der Waals surface area contributed by atoms with Crippen molar-refractivity contribution in [1.29, 1.82) is 0 Å². The van der Waals surface area contributed by atoms with Gasteiger partial charge in [-0.05, 0) is 37.8 Å². The molecule has 3 heteroatoms. The highest BCUT2D eigenvalue weighted by Crippen LogP contribution is 2.34. The van der Waals surface area contributed by atoms with Crippen LogP contribution >= 0.6 is 0 Å². The molecule has 1 aliphatic heterocycles. The predicted molar refractivity (Wildman–Crippen MR) is 70.5 cm³/mol. The Labute approximate surface area is 102 Å². The Morgan fingerprint density at radius 3 is 2.88 bits per heavy atom. The molecule has 1 aliphatic carbocycles. The van der Waals surface area contributed by atoms with Crippen LogP contribution in [0.15, 0.2) is 24.3 Å². The maximum Gasteiger partial charge on any atom is 0.0743 e. The number of benzene rings is 1. The first kappa shape index (κ1) is 10.9. The Balaban J connectivity index is 1.93. The molecule has 0 saturated heterocycles. The third kappa shape index (κ3) is 2.00. The molecular weight excluding hydrogens is 212 g/mol. The lowest BCUT2D eigenvalue weighted by Crippen LogP contribution is -2.41. The standard InChI is InChI=1S/C14H20N2O/c17-14-8-3-7-13(14)16-10-4-9-15-11-5-1-2-6-12(11)16/h1-2,5-6,13-15,17H,3-4,7-10H2. The number of para-hydroxylation sites is 2. The Kier molecular flexibility index (Phi) is 2.93. The molecule has 92 valence electrons. The van der Waals surface area contributed by atoms with Crippen molar-refractivity contribution < 1.29 is 5.11 Å². The van der Waals surface area contributed by atoms with Crippen LogP contribution in [-0.4, -0.2) is 30.3 Å². The van der Waals surface area contributed by atoms with Crippen LogP contribution in [0, 0.1) is 0 Å². The summed E-state index contributed by atoms with van der Waals surface area (Å²) in [5.74, 6) is 0. The van der Waals surface area contributed by atoms with E-state index >= 15 is 0 Å². The molecule has 1 aromatic carbocycles. The molecule has 3 nitrogen and oxygen atoms in total. The fourth-order valence-corrected chi connectivity index (χ4v) is 3.10. The second kappa shape index (κ2) is 4.57. The van der Waals surface area contributed by atoms with Gasteiger partial charge in [0, 0.05) is 13.1 Å². The van der Waals surface area contributed by atoms with Gasteiger partial charge in [-0.15, -0.1) is 0 Å². The third-order valence-electron chi connectivity index (χ3n) is 3.95. The molecule has 0 amide bonds. The van der Waals surface area contributed by atoms with E-state index in [0.717, 1.165) is 38.8 Å². The maximum atomic E-state index is 10.1. The lowest BCUT2D eigenvalue weighted by molar-refractivity contribution is 0.161. The van der Waals surface area contributed by atoms with Crippen LogP contribution in [-0.2, 0) is 0 Å². The number of aliphatic hydroxyl groups excluding tert-OH is 1. The van der Waals surface area contributed by atoms with E-state index in [0.29, 0.717) is 6.04 Å². The molecule has 0 spiro atoms. The first-order chi connectivity index (χ1) is 8.36. The molecule has 0 aromatic heterocycles. The van der Waals surface area contributed by atoms with Crippen molar-refractivity contribution in [3.8, 4) is 0 Å². The summed E-state index contributed by atoms with van der Waals surface area (Å²) in [6, 6.07) is 8.77. The van der Waals surface area contributed by atoms with E-state index in [9.17, 15) is 5.11 Å². The number of fused-ring (bicyclic) bond motifs is 1. The first-order valence-corrected chi connectivity index (χ1v) is 6.64. The zero-order chi connectivity index (χ0) is 11.7. The summed E-state index contributed by atoms with van der Waals surface area (Å²) >= 11 is 0. The smallest absolute Gasteiger partial charge is 0.0743 e. The number of nitrogens with one attached hydrogen (secondary N) is 1. The molecule has 3 rings (SSSR count). The summed E-state index contributed by atoms with van der Waals surface area (Å²) in [7, 11) is 0. The van der Waals surface area contributed by atoms with Gasteiger partial charge in [-0.2, -0.15) is 0 Å². The quantitative estimate of drug-likeness (QED) is 0.779. The van der Waals surface area contributed by atoms with Crippen LogP contribution in [0.5, 0.6) is 0 Å². The zero-order valence-electron chi connectivity index (χ0n) is 10.1. The van der Waals surface area contributed by atoms with Crippen LogP contribution in [0.4, 0.5) is 11.4 Å². The van der Waals surface area contributed by atoms with E-state index in [-0.39, 0.29) is 6.10 Å². The summed E-state index contributed by atoms with van der Waals surface area (Å²) in [6.07, 6.45) is 4.21. The minimum atomic E-state index is -0.152. The van der Waals surface area contributed by atoms with Gasteiger partial charge in [-0.25, -0.2) is 0 Å². The van der Waals surface area contributed by atoms with Gasteiger partial charge in [-0.1, -0.05) is 12.1 Å². The second-order valence-electron chi connectivity index (χ2n) is 5.06. The van der Waals surface area contributed by atoms with E-state index in [1.54, 1.807) is 0 Å². The highest BCUT2D eigenvalue weighted by molar-refractivity contribution is 5.71. The summed E-state index contributed by atoms with van der Waals surface area (Å²) in [5.41, 5.74) is 2.47. The maximum absolute atomic E-state index is 10.1. The summed E-state index contributed by atoms with van der Waals surface area (Å²) in [6.45, 7) is 2.07. The molecule has 1 heterocycles. The molecule has 0 bridgehead atoms. The average Bonchev–Trinajstić information content (AvgIpc) is 2.66. The topological polar surface area (TPSA) is 35.5 Å². The third-order valence-corrected chi connectivity index (χ3v) is 3.95. The number of hydrogen-bond acceptors (Lipinski definition) is 3. The van der Waals surface area contributed by atoms with E-state index in [4.69, 9.17) is 0 Å². The number of hydrogen-bond donors (Lipinski definition) is 2. The van der Waals surface area contributed by atoms with Crippen molar-refractivity contribution >= 4 is 11.4 Å². The zero-order valence-corrected chi connectivity index (χ0v) is 10.1. The van der Waals surface area contributed by atoms with E-state index < -0.39 is 0 Å². The van der Waals surface area contributed by atoms with E-state index in [2.05, 4.69) is 34.5 Å². The summed E-state index contributed by atoms with van der Waals surface area (Å²) in [5, 5.41) is 13.6. The van der Waals surface area contributed by atoms with Gasteiger partial charge in [0.1, 0.15) is 0 Å². The highest BCUT2D eigenvalue weighted by Gasteiger charge is 2.32. The molecule has 17 heavy (non-hydrogen) atoms. The van der Waals surface area contributed by atoms with Crippen molar-refractivity contribution in [2.45, 2.75) is 37.8 Å². The Morgan fingerprint density at radius 2 is 2.06 bits per heavy atom. The molecule has 1 aromatic rings. The molecule has 2 aliphatic rings. The molecule has 2 N–H and O–H groups in total. The van der Waals surface area contributed by atoms with Gasteiger partial charge in [0.05, 0.1) is 23.5 Å². The molecule has 2 atom stereocenters. The average molecular weight is 232 g/mol. The first-order valence-electron chi connectivity index (χ1n) is 6.64. The number of rotatable bonds is 1. The van der Waals surface area contributed by atoms with Crippen LogP contribution in [0.3, 0.4) is 0 Å². The van der Waals surface area contributed by atoms with Gasteiger partial charge < -0.3 is 15.3 Å². The van der Waals surface area contributed by atoms with E-state index in [1.165, 1.54) is 11.4 Å². The number of nitrogens with zero attached hydrogens (tertiary/aromatic N) is 1. The lowest BCUT2D eigenvalue weighted by atomic mass is 10.1. The van der Waals surface area contributed by atoms with E-state index in [1.807, 2.05) is 0 Å². The Bertz CT molecular complexity index is 394. The van der Waals surface area contributed by atoms with Crippen LogP contribution in [0.25, 0.3) is 0 Å². The fourth-order valence-electron chi connectivity index (χ4n) is 3.10. The predicted octanol–water partition coefficient (Wildman–Crippen LogP) is 2.22. The molecule has 1 fully saturated rings. The Morgan fingerprint density at radius 1 is 1.18 bits per heavy atom. The largest absolute Gasteiger partial charge is 0.391 e. The van der Waals surface area contributed by atoms with Crippen molar-refractivity contribution in [3.05, 3.63) is 24.3 Å². The summed E-state index contributed by atoms with van der Waals surface area (Å²) < 4.78 is 0.